The van der Waals surface area contributed by atoms with Crippen LogP contribution in [0, 0.1) is 12.3 Å². The SMILES string of the molecule is Cc1ncsc1-c1ccc(CNC(=O)[C@@H]2C[C@@H](O)CN2C(=O)[C@@H](NCCCCCCCCCC(=O)O)C(C)(C)C)cc1. The Kier molecular flexibility index (Phi) is 12.9. The van der Waals surface area contributed by atoms with Crippen molar-refractivity contribution in [1.82, 2.24) is 20.5 Å². The monoisotopic (exact) mass is 600 g/mol. The maximum Gasteiger partial charge on any atom is 0.303 e. The summed E-state index contributed by atoms with van der Waals surface area (Å²) in [6.45, 7) is 9.21. The number of thiazole rings is 1. The summed E-state index contributed by atoms with van der Waals surface area (Å²) in [5.74, 6) is -1.14. The third kappa shape index (κ3) is 10.2. The molecule has 0 spiro atoms. The number of β-amino-alcohol motifs (C(OH)–C–C–N with tert-alkyl or cyclic N) is 1. The van der Waals surface area contributed by atoms with Gasteiger partial charge in [-0.2, -0.15) is 0 Å². The van der Waals surface area contributed by atoms with E-state index in [-0.39, 0.29) is 36.6 Å². The molecule has 10 heteroatoms. The first-order valence-electron chi connectivity index (χ1n) is 15.2. The van der Waals surface area contributed by atoms with Crippen molar-refractivity contribution in [3.63, 3.8) is 0 Å². The van der Waals surface area contributed by atoms with Gasteiger partial charge in [-0.15, -0.1) is 11.3 Å². The van der Waals surface area contributed by atoms with Gasteiger partial charge in [-0.3, -0.25) is 14.4 Å². The summed E-state index contributed by atoms with van der Waals surface area (Å²) in [7, 11) is 0. The fraction of sp³-hybridized carbons (Fsp3) is 0.625. The highest BCUT2D eigenvalue weighted by Crippen LogP contribution is 2.28. The fourth-order valence-corrected chi connectivity index (χ4v) is 6.24. The zero-order chi connectivity index (χ0) is 30.7. The number of nitrogens with zero attached hydrogens (tertiary/aromatic N) is 2. The van der Waals surface area contributed by atoms with Gasteiger partial charge in [-0.1, -0.05) is 77.1 Å². The van der Waals surface area contributed by atoms with Crippen LogP contribution in [0.15, 0.2) is 29.8 Å². The van der Waals surface area contributed by atoms with E-state index < -0.39 is 24.2 Å². The molecule has 232 valence electrons. The van der Waals surface area contributed by atoms with Crippen molar-refractivity contribution >= 4 is 29.1 Å². The van der Waals surface area contributed by atoms with E-state index >= 15 is 0 Å². The number of carbonyl (C=O) groups excluding carboxylic acids is 2. The Labute approximate surface area is 254 Å². The molecule has 2 amide bonds. The van der Waals surface area contributed by atoms with Crippen LogP contribution in [-0.4, -0.2) is 69.2 Å². The Balaban J connectivity index is 1.49. The predicted octanol–water partition coefficient (Wildman–Crippen LogP) is 4.91. The molecule has 1 fully saturated rings. The quantitative estimate of drug-likeness (QED) is 0.201. The number of carboxylic acids is 1. The minimum absolute atomic E-state index is 0.149. The number of hydrogen-bond donors (Lipinski definition) is 4. The molecule has 0 radical (unpaired) electrons. The number of aliphatic carboxylic acids is 1. The van der Waals surface area contributed by atoms with Gasteiger partial charge in [0.05, 0.1) is 28.2 Å². The van der Waals surface area contributed by atoms with E-state index in [1.165, 1.54) is 0 Å². The Morgan fingerprint density at radius 3 is 2.29 bits per heavy atom. The van der Waals surface area contributed by atoms with Crippen LogP contribution < -0.4 is 10.6 Å². The summed E-state index contributed by atoms with van der Waals surface area (Å²) >= 11 is 1.60. The lowest BCUT2D eigenvalue weighted by Crippen LogP contribution is -2.56. The lowest BCUT2D eigenvalue weighted by atomic mass is 9.85. The molecular formula is C32H48N4O5S. The first kappa shape index (κ1) is 33.7. The summed E-state index contributed by atoms with van der Waals surface area (Å²) in [4.78, 5) is 44.6. The molecule has 0 saturated carbocycles. The first-order valence-corrected chi connectivity index (χ1v) is 16.1. The average molecular weight is 601 g/mol. The Hall–Kier alpha value is -2.82. The molecule has 0 unspecified atom stereocenters. The lowest BCUT2D eigenvalue weighted by molar-refractivity contribution is -0.142. The number of carbonyl (C=O) groups is 3. The zero-order valence-corrected chi connectivity index (χ0v) is 26.3. The van der Waals surface area contributed by atoms with Gasteiger partial charge in [0.2, 0.25) is 11.8 Å². The van der Waals surface area contributed by atoms with Crippen LogP contribution in [-0.2, 0) is 20.9 Å². The summed E-state index contributed by atoms with van der Waals surface area (Å²) in [6.07, 6.45) is 6.59. The van der Waals surface area contributed by atoms with Crippen LogP contribution in [0.25, 0.3) is 10.4 Å². The van der Waals surface area contributed by atoms with Crippen molar-refractivity contribution < 1.29 is 24.6 Å². The van der Waals surface area contributed by atoms with Gasteiger partial charge >= 0.3 is 5.97 Å². The molecule has 1 aliphatic heterocycles. The van der Waals surface area contributed by atoms with E-state index in [4.69, 9.17) is 5.11 Å². The van der Waals surface area contributed by atoms with Crippen molar-refractivity contribution in [2.75, 3.05) is 13.1 Å². The van der Waals surface area contributed by atoms with Gasteiger partial charge in [0.15, 0.2) is 0 Å². The molecule has 42 heavy (non-hydrogen) atoms. The molecule has 4 N–H and O–H groups in total. The topological polar surface area (TPSA) is 132 Å². The number of aliphatic hydroxyl groups is 1. The van der Waals surface area contributed by atoms with E-state index in [2.05, 4.69) is 15.6 Å². The molecule has 2 heterocycles. The van der Waals surface area contributed by atoms with Crippen LogP contribution in [0.1, 0.15) is 89.8 Å². The van der Waals surface area contributed by atoms with E-state index in [0.717, 1.165) is 66.6 Å². The Morgan fingerprint density at radius 2 is 1.69 bits per heavy atom. The molecule has 3 rings (SSSR count). The highest BCUT2D eigenvalue weighted by Gasteiger charge is 2.43. The Bertz CT molecular complexity index is 1160. The van der Waals surface area contributed by atoms with E-state index in [0.29, 0.717) is 13.1 Å². The molecule has 1 aromatic carbocycles. The van der Waals surface area contributed by atoms with Crippen LogP contribution in [0.3, 0.4) is 0 Å². The molecule has 2 aromatic rings. The van der Waals surface area contributed by atoms with Gasteiger partial charge in [-0.25, -0.2) is 4.98 Å². The number of amides is 2. The highest BCUT2D eigenvalue weighted by atomic mass is 32.1. The smallest absolute Gasteiger partial charge is 0.303 e. The normalized spacial score (nSPS) is 17.8. The number of likely N-dealkylation sites (tertiary alicyclic amines) is 1. The molecular weight excluding hydrogens is 552 g/mol. The Morgan fingerprint density at radius 1 is 1.05 bits per heavy atom. The summed E-state index contributed by atoms with van der Waals surface area (Å²) in [6, 6.07) is 6.84. The number of benzene rings is 1. The number of aryl methyl sites for hydroxylation is 1. The molecule has 9 nitrogen and oxygen atoms in total. The average Bonchev–Trinajstić information content (AvgIpc) is 3.54. The van der Waals surface area contributed by atoms with E-state index in [1.807, 2.05) is 57.5 Å². The van der Waals surface area contributed by atoms with Gasteiger partial charge < -0.3 is 25.7 Å². The first-order chi connectivity index (χ1) is 20.0. The molecule has 1 aromatic heterocycles. The molecule has 1 saturated heterocycles. The van der Waals surface area contributed by atoms with Crippen LogP contribution >= 0.6 is 11.3 Å². The second-order valence-electron chi connectivity index (χ2n) is 12.4. The van der Waals surface area contributed by atoms with Gasteiger partial charge in [-0.05, 0) is 42.9 Å². The third-order valence-corrected chi connectivity index (χ3v) is 8.80. The number of aromatic nitrogens is 1. The summed E-state index contributed by atoms with van der Waals surface area (Å²) in [5.41, 5.74) is 4.51. The molecule has 3 atom stereocenters. The van der Waals surface area contributed by atoms with E-state index in [1.54, 1.807) is 16.2 Å². The minimum atomic E-state index is -0.734. The highest BCUT2D eigenvalue weighted by molar-refractivity contribution is 7.13. The van der Waals surface area contributed by atoms with Gasteiger partial charge in [0.25, 0.3) is 0 Å². The number of nitrogens with one attached hydrogen (secondary N) is 2. The van der Waals surface area contributed by atoms with Gasteiger partial charge in [0.1, 0.15) is 6.04 Å². The summed E-state index contributed by atoms with van der Waals surface area (Å²) < 4.78 is 0. The lowest BCUT2D eigenvalue weighted by Gasteiger charge is -2.35. The second-order valence-corrected chi connectivity index (χ2v) is 13.3. The second kappa shape index (κ2) is 16.1. The number of carboxylic acid groups (broad SMARTS) is 1. The zero-order valence-electron chi connectivity index (χ0n) is 25.5. The fourth-order valence-electron chi connectivity index (χ4n) is 5.43. The molecule has 1 aliphatic rings. The maximum atomic E-state index is 13.7. The predicted molar refractivity (Wildman–Crippen MR) is 166 cm³/mol. The van der Waals surface area contributed by atoms with Crippen molar-refractivity contribution in [2.24, 2.45) is 5.41 Å². The standard InChI is InChI=1S/C32H48N4O5S/c1-22-28(42-21-35-22)24-15-13-23(14-16-24)19-34-30(40)26-18-25(37)20-36(26)31(41)29(32(2,3)4)33-17-11-9-7-5-6-8-10-12-27(38)39/h13-16,21,25-26,29,33,37H,5-12,17-20H2,1-4H3,(H,34,40)(H,38,39)/t25-,26+,29-/m1/s1. The number of rotatable bonds is 16. The van der Waals surface area contributed by atoms with Crippen molar-refractivity contribution in [2.45, 2.75) is 110 Å². The molecule has 0 bridgehead atoms. The van der Waals surface area contributed by atoms with Gasteiger partial charge in [0, 0.05) is 25.9 Å². The van der Waals surface area contributed by atoms with Crippen LogP contribution in [0.2, 0.25) is 0 Å². The minimum Gasteiger partial charge on any atom is -0.481 e. The maximum absolute atomic E-state index is 13.7. The largest absolute Gasteiger partial charge is 0.481 e. The molecule has 0 aliphatic carbocycles. The third-order valence-electron chi connectivity index (χ3n) is 7.82. The van der Waals surface area contributed by atoms with Crippen molar-refractivity contribution in [3.05, 3.63) is 41.0 Å². The van der Waals surface area contributed by atoms with Crippen molar-refractivity contribution in [3.8, 4) is 10.4 Å². The number of unbranched alkanes of at least 4 members (excludes halogenated alkanes) is 6. The number of hydrogen-bond acceptors (Lipinski definition) is 7. The van der Waals surface area contributed by atoms with Crippen molar-refractivity contribution in [1.29, 1.82) is 0 Å². The van der Waals surface area contributed by atoms with Crippen LogP contribution in [0.4, 0.5) is 0 Å². The van der Waals surface area contributed by atoms with Crippen LogP contribution in [0.5, 0.6) is 0 Å². The summed E-state index contributed by atoms with van der Waals surface area (Å²) in [5, 5.41) is 25.6. The number of aliphatic hydroxyl groups excluding tert-OH is 1. The van der Waals surface area contributed by atoms with E-state index in [9.17, 15) is 19.5 Å².